The molecular weight excluding hydrogens is 476 g/mol. The van der Waals surface area contributed by atoms with Crippen molar-refractivity contribution in [1.82, 2.24) is 20.1 Å². The van der Waals surface area contributed by atoms with Gasteiger partial charge in [-0.05, 0) is 66.3 Å². The lowest BCUT2D eigenvalue weighted by Gasteiger charge is -2.44. The minimum absolute atomic E-state index is 0.146. The third-order valence-electron chi connectivity index (χ3n) is 8.87. The van der Waals surface area contributed by atoms with Crippen molar-refractivity contribution < 1.29 is 13.6 Å². The highest BCUT2D eigenvalue weighted by Gasteiger charge is 2.65. The van der Waals surface area contributed by atoms with Crippen LogP contribution in [0.3, 0.4) is 0 Å². The second-order valence-corrected chi connectivity index (χ2v) is 10.5. The number of carbonyl (C=O) groups excluding carboxylic acids is 1. The third-order valence-corrected chi connectivity index (χ3v) is 8.87. The number of nitrogens with zero attached hydrogens (tertiary/aromatic N) is 4. The van der Waals surface area contributed by atoms with Gasteiger partial charge in [-0.2, -0.15) is 15.5 Å². The molecular formula is C28H25F2N5O2. The monoisotopic (exact) mass is 501 g/mol. The van der Waals surface area contributed by atoms with Gasteiger partial charge in [0.2, 0.25) is 5.56 Å². The van der Waals surface area contributed by atoms with Crippen LogP contribution in [0.5, 0.6) is 0 Å². The van der Waals surface area contributed by atoms with Crippen molar-refractivity contribution in [2.45, 2.75) is 37.5 Å². The van der Waals surface area contributed by atoms with Crippen LogP contribution in [0.15, 0.2) is 47.3 Å². The van der Waals surface area contributed by atoms with Crippen molar-refractivity contribution in [2.24, 2.45) is 17.8 Å². The van der Waals surface area contributed by atoms with Crippen LogP contribution in [0.1, 0.15) is 53.8 Å². The number of aromatic amines is 1. The number of H-pyrrole nitrogens is 1. The molecule has 188 valence electrons. The van der Waals surface area contributed by atoms with Crippen LogP contribution < -0.4 is 5.56 Å². The van der Waals surface area contributed by atoms with Crippen molar-refractivity contribution in [2.75, 3.05) is 13.1 Å². The van der Waals surface area contributed by atoms with E-state index in [0.29, 0.717) is 18.4 Å². The van der Waals surface area contributed by atoms with Crippen LogP contribution in [0.25, 0.3) is 11.3 Å². The zero-order valence-electron chi connectivity index (χ0n) is 20.2. The number of nitriles is 1. The van der Waals surface area contributed by atoms with Crippen molar-refractivity contribution in [3.05, 3.63) is 81.4 Å². The van der Waals surface area contributed by atoms with Crippen LogP contribution in [0.4, 0.5) is 8.78 Å². The predicted octanol–water partition coefficient (Wildman–Crippen LogP) is 4.18. The summed E-state index contributed by atoms with van der Waals surface area (Å²) in [6.07, 6.45) is 1.94. The highest BCUT2D eigenvalue weighted by atomic mass is 19.1. The number of aromatic nitrogens is 3. The van der Waals surface area contributed by atoms with Gasteiger partial charge in [-0.15, -0.1) is 0 Å². The normalized spacial score (nSPS) is 26.6. The number of carbonyl (C=O) groups is 1. The standard InChI is InChI=1S/C28H25F2N5O2/c1-15-16-11-17-18-12-23(25-20(29)5-2-6-21(25)30)33-34-26(18)28(15,13-19(16)17)14-35(10-4-9-31)27(37)22-7-3-8-24(36)32-22/h2-3,5-8,12,15-17,19H,4,10-11,13-14H2,1H3,(H,32,36)/t15?,16?,17-,19?,28-/m1/s1. The summed E-state index contributed by atoms with van der Waals surface area (Å²) in [5, 5.41) is 18.1. The Morgan fingerprint density at radius 3 is 2.68 bits per heavy atom. The lowest BCUT2D eigenvalue weighted by atomic mass is 9.61. The zero-order chi connectivity index (χ0) is 25.9. The molecule has 6 rings (SSSR count). The molecule has 3 aliphatic rings. The van der Waals surface area contributed by atoms with Gasteiger partial charge < -0.3 is 9.88 Å². The van der Waals surface area contributed by atoms with E-state index >= 15 is 0 Å². The second-order valence-electron chi connectivity index (χ2n) is 10.5. The molecule has 2 bridgehead atoms. The summed E-state index contributed by atoms with van der Waals surface area (Å²) in [5.41, 5.74) is 0.996. The molecule has 0 radical (unpaired) electrons. The first-order chi connectivity index (χ1) is 17.8. The summed E-state index contributed by atoms with van der Waals surface area (Å²) in [6.45, 7) is 2.71. The largest absolute Gasteiger partial charge is 0.335 e. The second kappa shape index (κ2) is 8.58. The summed E-state index contributed by atoms with van der Waals surface area (Å²) in [5.74, 6) is -0.425. The Labute approximate surface area is 212 Å². The van der Waals surface area contributed by atoms with E-state index in [1.54, 1.807) is 17.0 Å². The third kappa shape index (κ3) is 3.50. The Morgan fingerprint density at radius 2 is 1.95 bits per heavy atom. The lowest BCUT2D eigenvalue weighted by Crippen LogP contribution is -2.48. The van der Waals surface area contributed by atoms with Gasteiger partial charge >= 0.3 is 0 Å². The smallest absolute Gasteiger partial charge is 0.270 e. The molecule has 37 heavy (non-hydrogen) atoms. The quantitative estimate of drug-likeness (QED) is 0.546. The van der Waals surface area contributed by atoms with Gasteiger partial charge in [0, 0.05) is 24.6 Å². The first kappa shape index (κ1) is 23.5. The summed E-state index contributed by atoms with van der Waals surface area (Å²) in [4.78, 5) is 29.6. The van der Waals surface area contributed by atoms with E-state index in [1.165, 1.54) is 30.3 Å². The number of pyridine rings is 1. The van der Waals surface area contributed by atoms with E-state index in [-0.39, 0.29) is 53.2 Å². The maximum absolute atomic E-state index is 14.5. The number of amides is 1. The van der Waals surface area contributed by atoms with Crippen molar-refractivity contribution >= 4 is 5.91 Å². The van der Waals surface area contributed by atoms with E-state index in [2.05, 4.69) is 28.2 Å². The van der Waals surface area contributed by atoms with Gasteiger partial charge in [-0.3, -0.25) is 9.59 Å². The summed E-state index contributed by atoms with van der Waals surface area (Å²) in [7, 11) is 0. The molecule has 3 aromatic rings. The molecule has 1 N–H and O–H groups in total. The molecule has 0 aliphatic heterocycles. The fraction of sp³-hybridized carbons (Fsp3) is 0.393. The number of halogens is 2. The molecule has 2 heterocycles. The highest BCUT2D eigenvalue weighted by molar-refractivity contribution is 5.92. The first-order valence-corrected chi connectivity index (χ1v) is 12.5. The Balaban J connectivity index is 1.43. The molecule has 1 amide bonds. The summed E-state index contributed by atoms with van der Waals surface area (Å²) in [6, 6.07) is 12.1. The van der Waals surface area contributed by atoms with Crippen LogP contribution in [0.2, 0.25) is 0 Å². The Bertz CT molecular complexity index is 1490. The molecule has 0 spiro atoms. The number of nitrogens with one attached hydrogen (secondary N) is 1. The molecule has 2 saturated carbocycles. The lowest BCUT2D eigenvalue weighted by molar-refractivity contribution is 0.0680. The number of hydrogen-bond donors (Lipinski definition) is 1. The predicted molar refractivity (Wildman–Crippen MR) is 130 cm³/mol. The van der Waals surface area contributed by atoms with Gasteiger partial charge in [0.05, 0.1) is 29.4 Å². The average molecular weight is 502 g/mol. The fourth-order valence-electron chi connectivity index (χ4n) is 7.04. The number of hydrogen-bond acceptors (Lipinski definition) is 5. The maximum Gasteiger partial charge on any atom is 0.270 e. The van der Waals surface area contributed by atoms with Crippen molar-refractivity contribution in [1.29, 1.82) is 5.26 Å². The van der Waals surface area contributed by atoms with Crippen LogP contribution in [0, 0.1) is 40.7 Å². The van der Waals surface area contributed by atoms with Crippen LogP contribution in [-0.2, 0) is 5.41 Å². The minimum atomic E-state index is -0.687. The fourth-order valence-corrected chi connectivity index (χ4v) is 7.04. The van der Waals surface area contributed by atoms with Gasteiger partial charge in [0.1, 0.15) is 17.3 Å². The molecule has 1 aromatic carbocycles. The minimum Gasteiger partial charge on any atom is -0.335 e. The molecule has 7 nitrogen and oxygen atoms in total. The van der Waals surface area contributed by atoms with Crippen LogP contribution in [-0.4, -0.2) is 39.1 Å². The molecule has 9 heteroatoms. The topological polar surface area (TPSA) is 103 Å². The van der Waals surface area contributed by atoms with Gasteiger partial charge in [-0.25, -0.2) is 8.78 Å². The molecule has 3 aliphatic carbocycles. The Hall–Kier alpha value is -3.93. The van der Waals surface area contributed by atoms with Crippen LogP contribution >= 0.6 is 0 Å². The number of fused-ring (bicyclic) bond motifs is 4. The Kier molecular flexibility index (Phi) is 5.44. The molecule has 5 atom stereocenters. The van der Waals surface area contributed by atoms with Gasteiger partial charge in [-0.1, -0.05) is 19.1 Å². The Morgan fingerprint density at radius 1 is 1.19 bits per heavy atom. The first-order valence-electron chi connectivity index (χ1n) is 12.5. The van der Waals surface area contributed by atoms with E-state index in [9.17, 15) is 23.6 Å². The van der Waals surface area contributed by atoms with E-state index < -0.39 is 17.0 Å². The highest BCUT2D eigenvalue weighted by Crippen LogP contribution is 2.69. The maximum atomic E-state index is 14.5. The van der Waals surface area contributed by atoms with E-state index in [0.717, 1.165) is 24.1 Å². The van der Waals surface area contributed by atoms with Gasteiger partial charge in [0.25, 0.3) is 5.91 Å². The van der Waals surface area contributed by atoms with E-state index in [1.807, 2.05) is 0 Å². The molecule has 2 aromatic heterocycles. The zero-order valence-corrected chi connectivity index (χ0v) is 20.2. The number of rotatable bonds is 6. The summed E-state index contributed by atoms with van der Waals surface area (Å²) < 4.78 is 29.1. The SMILES string of the molecule is CC1C2C[C@@H]3c4cc(-c5c(F)cccc5F)nnc4[C@@]1(CN(CCC#N)C(=O)c1cccc(=O)[nH]1)CC23. The average Bonchev–Trinajstić information content (AvgIpc) is 2.97. The number of benzene rings is 1. The molecule has 0 saturated heterocycles. The van der Waals surface area contributed by atoms with Gasteiger partial charge in [0.15, 0.2) is 0 Å². The molecule has 2 fully saturated rings. The van der Waals surface area contributed by atoms with E-state index in [4.69, 9.17) is 0 Å². The summed E-state index contributed by atoms with van der Waals surface area (Å²) >= 11 is 0. The van der Waals surface area contributed by atoms with Crippen molar-refractivity contribution in [3.63, 3.8) is 0 Å². The van der Waals surface area contributed by atoms with Crippen molar-refractivity contribution in [3.8, 4) is 17.3 Å². The molecule has 3 unspecified atom stereocenters.